The second-order valence-corrected chi connectivity index (χ2v) is 7.51. The summed E-state index contributed by atoms with van der Waals surface area (Å²) in [6.45, 7) is 0. The second kappa shape index (κ2) is 8.39. The predicted molar refractivity (Wildman–Crippen MR) is 118 cm³/mol. The first-order valence-corrected chi connectivity index (χ1v) is 10.3. The van der Waals surface area contributed by atoms with E-state index in [0.717, 1.165) is 12.8 Å². The summed E-state index contributed by atoms with van der Waals surface area (Å²) in [6, 6.07) is 4.88. The molecule has 0 unspecified atom stereocenters. The van der Waals surface area contributed by atoms with Gasteiger partial charge in [-0.3, -0.25) is 14.2 Å². The quantitative estimate of drug-likeness (QED) is 0.381. The minimum Gasteiger partial charge on any atom is -0.427 e. The zero-order chi connectivity index (χ0) is 22.9. The summed E-state index contributed by atoms with van der Waals surface area (Å²) >= 11 is 0. The van der Waals surface area contributed by atoms with Crippen LogP contribution in [-0.4, -0.2) is 51.9 Å². The molecule has 2 atom stereocenters. The predicted octanol–water partition coefficient (Wildman–Crippen LogP) is 2.05. The van der Waals surface area contributed by atoms with Crippen LogP contribution in [0.5, 0.6) is 0 Å². The van der Waals surface area contributed by atoms with Gasteiger partial charge < -0.3 is 29.6 Å². The van der Waals surface area contributed by atoms with Crippen molar-refractivity contribution < 1.29 is 18.5 Å². The fourth-order valence-electron chi connectivity index (χ4n) is 3.70. The second-order valence-electron chi connectivity index (χ2n) is 7.51. The Hall–Kier alpha value is -4.19. The number of fused-ring (bicyclic) bond motifs is 1. The molecule has 4 aromatic rings. The topological polar surface area (TPSA) is 149 Å². The molecular formula is C21H21N7O5. The molecule has 12 nitrogen and oxygen atoms in total. The Balaban J connectivity index is 1.48. The highest BCUT2D eigenvalue weighted by molar-refractivity contribution is 6.05. The lowest BCUT2D eigenvalue weighted by Crippen LogP contribution is -2.51. The van der Waals surface area contributed by atoms with E-state index >= 15 is 0 Å². The van der Waals surface area contributed by atoms with Gasteiger partial charge in [0.15, 0.2) is 12.1 Å². The standard InChI is InChI=1S/C21H21N7O5/c1-22-13-8-15(24-12-4-3-7-28(21(12)30)16-9-23-10-32-16)26-17-18(27-33-19(13)17)20(29)25-11-5-6-14(11)31-2/h3-4,7-11,14H,5-6H2,1-2H3,(H,25,29)(H2,22,24,26)/t11-,14-/m1/s1. The molecule has 5 rings (SSSR count). The van der Waals surface area contributed by atoms with Crippen LogP contribution in [0.15, 0.2) is 50.7 Å². The Kier molecular flexibility index (Phi) is 5.26. The van der Waals surface area contributed by atoms with Crippen LogP contribution in [0.25, 0.3) is 17.0 Å². The summed E-state index contributed by atoms with van der Waals surface area (Å²) in [6.07, 6.45) is 5.95. The van der Waals surface area contributed by atoms with E-state index in [0.29, 0.717) is 17.1 Å². The van der Waals surface area contributed by atoms with Crippen molar-refractivity contribution in [3.05, 3.63) is 53.0 Å². The third-order valence-corrected chi connectivity index (χ3v) is 5.61. The van der Waals surface area contributed by atoms with Crippen LogP contribution in [-0.2, 0) is 4.74 Å². The molecule has 1 saturated carbocycles. The maximum atomic E-state index is 12.9. The highest BCUT2D eigenvalue weighted by Gasteiger charge is 2.33. The minimum atomic E-state index is -0.403. The van der Waals surface area contributed by atoms with Gasteiger partial charge in [0.1, 0.15) is 17.0 Å². The monoisotopic (exact) mass is 451 g/mol. The summed E-state index contributed by atoms with van der Waals surface area (Å²) < 4.78 is 17.3. The molecule has 170 valence electrons. The van der Waals surface area contributed by atoms with Crippen LogP contribution in [0.1, 0.15) is 23.3 Å². The number of methoxy groups -OCH3 is 1. The number of rotatable bonds is 7. The maximum absolute atomic E-state index is 12.9. The molecule has 12 heteroatoms. The van der Waals surface area contributed by atoms with E-state index in [2.05, 4.69) is 31.1 Å². The van der Waals surface area contributed by atoms with E-state index in [1.807, 2.05) is 0 Å². The van der Waals surface area contributed by atoms with Gasteiger partial charge in [0, 0.05) is 26.4 Å². The van der Waals surface area contributed by atoms with Crippen LogP contribution < -0.4 is 21.5 Å². The summed E-state index contributed by atoms with van der Waals surface area (Å²) in [7, 11) is 3.32. The molecule has 4 aromatic heterocycles. The van der Waals surface area contributed by atoms with E-state index in [1.54, 1.807) is 38.6 Å². The lowest BCUT2D eigenvalue weighted by atomic mass is 9.89. The molecule has 3 N–H and O–H groups in total. The smallest absolute Gasteiger partial charge is 0.281 e. The van der Waals surface area contributed by atoms with Gasteiger partial charge in [0.05, 0.1) is 24.0 Å². The van der Waals surface area contributed by atoms with Crippen molar-refractivity contribution in [3.63, 3.8) is 0 Å². The first-order chi connectivity index (χ1) is 16.1. The summed E-state index contributed by atoms with van der Waals surface area (Å²) in [5, 5.41) is 12.9. The molecular weight excluding hydrogens is 430 g/mol. The summed E-state index contributed by atoms with van der Waals surface area (Å²) in [5.41, 5.74) is 1.10. The Morgan fingerprint density at radius 1 is 1.30 bits per heavy atom. The number of hydrogen-bond acceptors (Lipinski definition) is 10. The number of aromatic nitrogens is 4. The van der Waals surface area contributed by atoms with E-state index in [4.69, 9.17) is 13.7 Å². The molecule has 0 aromatic carbocycles. The van der Waals surface area contributed by atoms with Gasteiger partial charge in [-0.05, 0) is 25.0 Å². The molecule has 33 heavy (non-hydrogen) atoms. The third-order valence-electron chi connectivity index (χ3n) is 5.61. The van der Waals surface area contributed by atoms with Crippen molar-refractivity contribution in [2.24, 2.45) is 0 Å². The highest BCUT2D eigenvalue weighted by atomic mass is 16.5. The summed E-state index contributed by atoms with van der Waals surface area (Å²) in [4.78, 5) is 34.1. The number of ether oxygens (including phenoxy) is 1. The Bertz CT molecular complexity index is 1360. The fourth-order valence-corrected chi connectivity index (χ4v) is 3.70. The molecule has 1 aliphatic carbocycles. The first kappa shape index (κ1) is 20.7. The van der Waals surface area contributed by atoms with Gasteiger partial charge in [-0.15, -0.1) is 0 Å². The van der Waals surface area contributed by atoms with Crippen molar-refractivity contribution in [3.8, 4) is 5.88 Å². The van der Waals surface area contributed by atoms with E-state index in [-0.39, 0.29) is 40.5 Å². The molecule has 0 radical (unpaired) electrons. The van der Waals surface area contributed by atoms with Gasteiger partial charge in [0.2, 0.25) is 11.5 Å². The Labute approximate surface area is 186 Å². The fraction of sp³-hybridized carbons (Fsp3) is 0.286. The van der Waals surface area contributed by atoms with Gasteiger partial charge in [-0.25, -0.2) is 9.97 Å². The number of nitrogens with one attached hydrogen (secondary N) is 3. The van der Waals surface area contributed by atoms with E-state index < -0.39 is 5.91 Å². The van der Waals surface area contributed by atoms with Crippen molar-refractivity contribution >= 4 is 34.2 Å². The Morgan fingerprint density at radius 2 is 2.18 bits per heavy atom. The van der Waals surface area contributed by atoms with Crippen LogP contribution >= 0.6 is 0 Å². The number of oxazole rings is 1. The number of hydrogen-bond donors (Lipinski definition) is 3. The average molecular weight is 451 g/mol. The number of carbonyl (C=O) groups is 1. The van der Waals surface area contributed by atoms with Crippen molar-refractivity contribution in [2.75, 3.05) is 24.8 Å². The molecule has 0 saturated heterocycles. The SMILES string of the molecule is CNc1cc(Nc2cccn(-c3cnco3)c2=O)nc2c(C(=O)N[C@@H]3CC[C@H]3OC)noc12. The van der Waals surface area contributed by atoms with Gasteiger partial charge in [-0.1, -0.05) is 5.16 Å². The number of nitrogens with zero attached hydrogens (tertiary/aromatic N) is 4. The van der Waals surface area contributed by atoms with E-state index in [9.17, 15) is 9.59 Å². The molecule has 1 aliphatic rings. The molecule has 4 heterocycles. The molecule has 1 fully saturated rings. The molecule has 0 spiro atoms. The lowest BCUT2D eigenvalue weighted by molar-refractivity contribution is 0.00718. The largest absolute Gasteiger partial charge is 0.427 e. The van der Waals surface area contributed by atoms with Gasteiger partial charge >= 0.3 is 0 Å². The number of carbonyl (C=O) groups excluding carboxylic acids is 1. The number of pyridine rings is 2. The van der Waals surface area contributed by atoms with Crippen LogP contribution in [0.4, 0.5) is 17.2 Å². The Morgan fingerprint density at radius 3 is 2.88 bits per heavy atom. The van der Waals surface area contributed by atoms with Crippen molar-refractivity contribution in [1.82, 2.24) is 25.0 Å². The highest BCUT2D eigenvalue weighted by Crippen LogP contribution is 2.29. The maximum Gasteiger partial charge on any atom is 0.281 e. The molecule has 0 aliphatic heterocycles. The van der Waals surface area contributed by atoms with Crippen molar-refractivity contribution in [2.45, 2.75) is 25.0 Å². The van der Waals surface area contributed by atoms with Crippen LogP contribution in [0, 0.1) is 0 Å². The normalized spacial score (nSPS) is 17.5. The zero-order valence-electron chi connectivity index (χ0n) is 17.9. The minimum absolute atomic E-state index is 0.0187. The third kappa shape index (κ3) is 3.69. The summed E-state index contributed by atoms with van der Waals surface area (Å²) in [5.74, 6) is 0.209. The number of anilines is 3. The van der Waals surface area contributed by atoms with Crippen molar-refractivity contribution in [1.29, 1.82) is 0 Å². The van der Waals surface area contributed by atoms with Crippen LogP contribution in [0.2, 0.25) is 0 Å². The van der Waals surface area contributed by atoms with Crippen LogP contribution in [0.3, 0.4) is 0 Å². The van der Waals surface area contributed by atoms with Gasteiger partial charge in [0.25, 0.3) is 11.5 Å². The lowest BCUT2D eigenvalue weighted by Gasteiger charge is -2.35. The zero-order valence-corrected chi connectivity index (χ0v) is 17.9. The first-order valence-electron chi connectivity index (χ1n) is 10.3. The van der Waals surface area contributed by atoms with Gasteiger partial charge in [-0.2, -0.15) is 0 Å². The molecule has 0 bridgehead atoms. The average Bonchev–Trinajstić information content (AvgIpc) is 3.48. The van der Waals surface area contributed by atoms with E-state index in [1.165, 1.54) is 17.2 Å². The number of amides is 1. The molecule has 1 amide bonds.